The van der Waals surface area contributed by atoms with E-state index in [2.05, 4.69) is 15.1 Å². The van der Waals surface area contributed by atoms with Gasteiger partial charge in [0.2, 0.25) is 5.91 Å². The first-order valence-corrected chi connectivity index (χ1v) is 12.7. The van der Waals surface area contributed by atoms with E-state index in [0.29, 0.717) is 18.7 Å². The Bertz CT molecular complexity index is 1320. The van der Waals surface area contributed by atoms with Crippen LogP contribution < -0.4 is 5.32 Å². The van der Waals surface area contributed by atoms with Crippen molar-refractivity contribution >= 4 is 38.6 Å². The Balaban J connectivity index is 1.93. The van der Waals surface area contributed by atoms with Crippen molar-refractivity contribution < 1.29 is 44.9 Å². The monoisotopic (exact) mass is 613 g/mol. The van der Waals surface area contributed by atoms with Gasteiger partial charge in [0, 0.05) is 37.1 Å². The minimum Gasteiger partial charge on any atom is -0.383 e. The molecule has 15 heteroatoms. The van der Waals surface area contributed by atoms with Crippen molar-refractivity contribution in [2.75, 3.05) is 13.1 Å². The number of oxime groups is 1. The number of alkyl halides is 6. The number of aryl methyl sites for hydroxylation is 1. The Morgan fingerprint density at radius 3 is 2.42 bits per heavy atom. The second-order valence-electron chi connectivity index (χ2n) is 9.14. The van der Waals surface area contributed by atoms with Crippen LogP contribution >= 0.6 is 21.1 Å². The molecule has 2 aromatic carbocycles. The molecule has 1 aliphatic heterocycles. The van der Waals surface area contributed by atoms with Gasteiger partial charge in [-0.1, -0.05) is 22.8 Å². The normalized spacial score (nSPS) is 17.3. The fraction of sp³-hybridized carbons (Fsp3) is 0.400. The fourth-order valence-corrected chi connectivity index (χ4v) is 4.78. The average molecular weight is 614 g/mol. The van der Waals surface area contributed by atoms with E-state index in [4.69, 9.17) is 11.6 Å². The summed E-state index contributed by atoms with van der Waals surface area (Å²) < 4.78 is 101. The summed E-state index contributed by atoms with van der Waals surface area (Å²) in [4.78, 5) is 26.3. The van der Waals surface area contributed by atoms with E-state index in [0.717, 1.165) is 0 Å². The molecule has 2 aromatic rings. The van der Waals surface area contributed by atoms with Crippen LogP contribution in [0.2, 0.25) is 5.02 Å². The van der Waals surface area contributed by atoms with Crippen LogP contribution in [-0.4, -0.2) is 47.7 Å². The molecular formula is C25H24ClF7N3O3P. The second kappa shape index (κ2) is 12.3. The molecule has 0 aliphatic carbocycles. The first kappa shape index (κ1) is 31.6. The molecule has 218 valence electrons. The smallest absolute Gasteiger partial charge is 0.383 e. The van der Waals surface area contributed by atoms with Gasteiger partial charge in [-0.25, -0.2) is 4.39 Å². The van der Waals surface area contributed by atoms with Gasteiger partial charge in [0.1, 0.15) is 5.82 Å². The van der Waals surface area contributed by atoms with Crippen molar-refractivity contribution in [2.45, 2.75) is 51.0 Å². The highest BCUT2D eigenvalue weighted by atomic mass is 35.5. The Hall–Kier alpha value is -2.92. The van der Waals surface area contributed by atoms with E-state index in [1.807, 2.05) is 6.92 Å². The van der Waals surface area contributed by atoms with Gasteiger partial charge in [0.25, 0.3) is 5.91 Å². The van der Waals surface area contributed by atoms with Crippen molar-refractivity contribution in [3.63, 3.8) is 0 Å². The molecule has 1 heterocycles. The summed E-state index contributed by atoms with van der Waals surface area (Å²) in [6, 6.07) is 3.83. The van der Waals surface area contributed by atoms with Crippen LogP contribution in [0.4, 0.5) is 30.7 Å². The van der Waals surface area contributed by atoms with Gasteiger partial charge in [-0.05, 0) is 49.2 Å². The maximum Gasteiger partial charge on any atom is 0.416 e. The van der Waals surface area contributed by atoms with Gasteiger partial charge >= 0.3 is 12.4 Å². The van der Waals surface area contributed by atoms with Gasteiger partial charge in [-0.3, -0.25) is 9.59 Å². The molecule has 1 unspecified atom stereocenters. The van der Waals surface area contributed by atoms with Crippen molar-refractivity contribution in [1.82, 2.24) is 10.2 Å². The number of likely N-dealkylation sites (N-methyl/N-ethyl adjacent to an activating group) is 1. The molecule has 0 bridgehead atoms. The Labute approximate surface area is 232 Å². The van der Waals surface area contributed by atoms with Crippen LogP contribution in [0.5, 0.6) is 0 Å². The summed E-state index contributed by atoms with van der Waals surface area (Å²) in [5.41, 5.74) is -2.65. The lowest BCUT2D eigenvalue weighted by Crippen LogP contribution is -2.37. The first-order chi connectivity index (χ1) is 18.6. The third-order valence-electron chi connectivity index (χ3n) is 6.45. The first-order valence-electron chi connectivity index (χ1n) is 11.8. The molecule has 1 N–H and O–H groups in total. The molecule has 0 radical (unpaired) electrons. The van der Waals surface area contributed by atoms with Crippen LogP contribution in [-0.2, 0) is 15.6 Å². The predicted molar refractivity (Wildman–Crippen MR) is 136 cm³/mol. The Morgan fingerprint density at radius 1 is 1.23 bits per heavy atom. The molecule has 2 amide bonds. The maximum absolute atomic E-state index is 14.7. The zero-order valence-electron chi connectivity index (χ0n) is 21.1. The number of amides is 2. The van der Waals surface area contributed by atoms with Crippen LogP contribution in [0.15, 0.2) is 35.5 Å². The summed E-state index contributed by atoms with van der Waals surface area (Å²) in [6.45, 7) is 4.16. The minimum absolute atomic E-state index is 0.0532. The summed E-state index contributed by atoms with van der Waals surface area (Å²) in [6.07, 6.45) is -11.2. The molecule has 0 saturated carbocycles. The van der Waals surface area contributed by atoms with E-state index < -0.39 is 58.6 Å². The van der Waals surface area contributed by atoms with Crippen LogP contribution in [0.3, 0.4) is 0 Å². The third kappa shape index (κ3) is 7.23. The standard InChI is InChI=1S/C25H24ClF7N3O3P/c1-3-36-11-15(9-21(36)37)34-23(38)16-5-4-13(6-12(16)2)20(35-39-40)10-18(25(31,32)33)17-7-14(24(28,29)30)8-19(26)22(17)27/h4-8,15,18H,3,9-11,40H2,1-2H3,(H,34,38)/b35-20+/t15-,18-/m0/s1. The van der Waals surface area contributed by atoms with Crippen molar-refractivity contribution in [3.05, 3.63) is 69.0 Å². The number of rotatable bonds is 8. The average Bonchev–Trinajstić information content (AvgIpc) is 3.20. The summed E-state index contributed by atoms with van der Waals surface area (Å²) in [5.74, 6) is -5.01. The topological polar surface area (TPSA) is 71.0 Å². The predicted octanol–water partition coefficient (Wildman–Crippen LogP) is 6.40. The van der Waals surface area contributed by atoms with E-state index in [9.17, 15) is 40.3 Å². The largest absolute Gasteiger partial charge is 0.416 e. The van der Waals surface area contributed by atoms with E-state index in [-0.39, 0.29) is 41.3 Å². The van der Waals surface area contributed by atoms with Gasteiger partial charge in [-0.15, -0.1) is 0 Å². The number of hydrogen-bond donors (Lipinski definition) is 1. The molecule has 3 rings (SSSR count). The number of hydrogen-bond acceptors (Lipinski definition) is 4. The van der Waals surface area contributed by atoms with Crippen LogP contribution in [0, 0.1) is 12.7 Å². The lowest BCUT2D eigenvalue weighted by Gasteiger charge is -2.23. The molecule has 0 spiro atoms. The summed E-state index contributed by atoms with van der Waals surface area (Å²) >= 11 is 5.53. The third-order valence-corrected chi connectivity index (χ3v) is 6.83. The lowest BCUT2D eigenvalue weighted by atomic mass is 9.88. The van der Waals surface area contributed by atoms with Crippen LogP contribution in [0.25, 0.3) is 0 Å². The van der Waals surface area contributed by atoms with Gasteiger partial charge in [0.05, 0.1) is 37.7 Å². The van der Waals surface area contributed by atoms with Crippen molar-refractivity contribution in [2.24, 2.45) is 5.16 Å². The highest BCUT2D eigenvalue weighted by Crippen LogP contribution is 2.43. The fourth-order valence-electron chi connectivity index (χ4n) is 4.43. The Kier molecular flexibility index (Phi) is 9.72. The van der Waals surface area contributed by atoms with E-state index in [1.165, 1.54) is 25.1 Å². The van der Waals surface area contributed by atoms with Crippen molar-refractivity contribution in [1.29, 1.82) is 0 Å². The van der Waals surface area contributed by atoms with E-state index in [1.54, 1.807) is 14.4 Å². The SMILES string of the molecule is CCN1C[C@@H](NC(=O)c2ccc(/C(C[C@@H](c3cc(C(F)(F)F)cc(Cl)c3F)C(F)(F)F)=N/OP)cc2C)CC1=O. The molecule has 1 saturated heterocycles. The second-order valence-corrected chi connectivity index (χ2v) is 9.76. The molecule has 1 fully saturated rings. The number of likely N-dealkylation sites (tertiary alicyclic amines) is 1. The van der Waals surface area contributed by atoms with Gasteiger partial charge in [-0.2, -0.15) is 26.3 Å². The summed E-state index contributed by atoms with van der Waals surface area (Å²) in [7, 11) is 1.71. The minimum atomic E-state index is -5.20. The number of nitrogens with one attached hydrogen (secondary N) is 1. The quantitative estimate of drug-likeness (QED) is 0.162. The molecular weight excluding hydrogens is 590 g/mol. The number of carbonyl (C=O) groups excluding carboxylic acids is 2. The maximum atomic E-state index is 14.7. The van der Waals surface area contributed by atoms with Crippen molar-refractivity contribution in [3.8, 4) is 0 Å². The van der Waals surface area contributed by atoms with E-state index >= 15 is 0 Å². The zero-order chi connectivity index (χ0) is 30.0. The number of carbonyl (C=O) groups is 2. The molecule has 1 aliphatic rings. The number of benzene rings is 2. The number of nitrogens with zero attached hydrogens (tertiary/aromatic N) is 2. The highest BCUT2D eigenvalue weighted by molar-refractivity contribution is 7.09. The molecule has 3 atom stereocenters. The van der Waals surface area contributed by atoms with Gasteiger partial charge in [0.15, 0.2) is 0 Å². The van der Waals surface area contributed by atoms with Crippen LogP contribution in [0.1, 0.15) is 58.3 Å². The van der Waals surface area contributed by atoms with Gasteiger partial charge < -0.3 is 14.8 Å². The molecule has 40 heavy (non-hydrogen) atoms. The molecule has 6 nitrogen and oxygen atoms in total. The lowest BCUT2D eigenvalue weighted by molar-refractivity contribution is -0.150. The Morgan fingerprint density at radius 2 is 1.90 bits per heavy atom. The zero-order valence-corrected chi connectivity index (χ0v) is 23.0. The number of halogens is 8. The highest BCUT2D eigenvalue weighted by Gasteiger charge is 2.45. The summed E-state index contributed by atoms with van der Waals surface area (Å²) in [5, 5.41) is 5.22. The molecule has 0 aromatic heterocycles.